The van der Waals surface area contributed by atoms with Gasteiger partial charge in [-0.25, -0.2) is 8.42 Å². The number of nitrogens with one attached hydrogen (secondary N) is 1. The van der Waals surface area contributed by atoms with Gasteiger partial charge in [-0.05, 0) is 7.05 Å². The zero-order valence-corrected chi connectivity index (χ0v) is 10.5. The van der Waals surface area contributed by atoms with Crippen LogP contribution in [0.5, 0.6) is 0 Å². The van der Waals surface area contributed by atoms with Crippen molar-refractivity contribution in [2.45, 2.75) is 5.72 Å². The van der Waals surface area contributed by atoms with Crippen molar-refractivity contribution in [2.75, 3.05) is 39.5 Å². The highest BCUT2D eigenvalue weighted by Gasteiger charge is 2.37. The molecule has 3 N–H and O–H groups in total. The number of nitrogens with two attached hydrogens (primary N) is 1. The third kappa shape index (κ3) is 3.54. The number of rotatable bonds is 3. The average molecular weight is 260 g/mol. The molecule has 0 aromatic carbocycles. The van der Waals surface area contributed by atoms with Gasteiger partial charge in [-0.3, -0.25) is 5.32 Å². The topological polar surface area (TPSA) is 84.7 Å². The van der Waals surface area contributed by atoms with Gasteiger partial charge >= 0.3 is 0 Å². The molecule has 0 spiro atoms. The van der Waals surface area contributed by atoms with E-state index in [9.17, 15) is 8.42 Å². The van der Waals surface area contributed by atoms with Gasteiger partial charge in [-0.15, -0.1) is 12.4 Å². The van der Waals surface area contributed by atoms with Crippen LogP contribution in [0.25, 0.3) is 0 Å². The molecular formula is C7H18ClN3O3S. The monoisotopic (exact) mass is 259 g/mol. The molecule has 0 radical (unpaired) electrons. The zero-order valence-electron chi connectivity index (χ0n) is 8.89. The second kappa shape index (κ2) is 5.42. The minimum absolute atomic E-state index is 0. The van der Waals surface area contributed by atoms with Gasteiger partial charge in [0.05, 0.1) is 19.4 Å². The first-order valence-electron chi connectivity index (χ1n) is 4.41. The number of ether oxygens (including phenoxy) is 1. The van der Waals surface area contributed by atoms with Crippen molar-refractivity contribution < 1.29 is 13.2 Å². The van der Waals surface area contributed by atoms with E-state index in [1.54, 1.807) is 7.05 Å². The molecule has 0 aromatic heterocycles. The van der Waals surface area contributed by atoms with Crippen LogP contribution in [-0.4, -0.2) is 58.0 Å². The lowest BCUT2D eigenvalue weighted by atomic mass is 10.2. The lowest BCUT2D eigenvalue weighted by Crippen LogP contribution is -2.63. The summed E-state index contributed by atoms with van der Waals surface area (Å²) in [6.07, 6.45) is 1.19. The van der Waals surface area contributed by atoms with Gasteiger partial charge in [-0.2, -0.15) is 4.31 Å². The second-order valence-electron chi connectivity index (χ2n) is 3.39. The summed E-state index contributed by atoms with van der Waals surface area (Å²) in [6, 6.07) is 0. The summed E-state index contributed by atoms with van der Waals surface area (Å²) in [5, 5.41) is 2.92. The molecule has 0 unspecified atom stereocenters. The van der Waals surface area contributed by atoms with Gasteiger partial charge in [0.2, 0.25) is 10.0 Å². The Morgan fingerprint density at radius 3 is 2.60 bits per heavy atom. The van der Waals surface area contributed by atoms with Crippen molar-refractivity contribution in [1.29, 1.82) is 0 Å². The summed E-state index contributed by atoms with van der Waals surface area (Å²) < 4.78 is 29.4. The van der Waals surface area contributed by atoms with Crippen LogP contribution in [0.3, 0.4) is 0 Å². The van der Waals surface area contributed by atoms with Crippen molar-refractivity contribution in [3.05, 3.63) is 0 Å². The molecule has 0 amide bonds. The van der Waals surface area contributed by atoms with E-state index in [1.807, 2.05) is 0 Å². The summed E-state index contributed by atoms with van der Waals surface area (Å²) >= 11 is 0. The number of halogens is 1. The Bertz CT molecular complexity index is 292. The number of hydrogen-bond donors (Lipinski definition) is 2. The van der Waals surface area contributed by atoms with Crippen LogP contribution >= 0.6 is 12.4 Å². The van der Waals surface area contributed by atoms with Crippen LogP contribution in [0.15, 0.2) is 0 Å². The standard InChI is InChI=1S/C7H17N3O3S.ClH/c1-9-7(5-8)6-10(3-4-13-7)14(2,11)12;/h9H,3-6,8H2,1-2H3;1H/t7-;/m0./s1. The van der Waals surface area contributed by atoms with Crippen molar-refractivity contribution in [2.24, 2.45) is 5.73 Å². The van der Waals surface area contributed by atoms with E-state index < -0.39 is 15.7 Å². The highest BCUT2D eigenvalue weighted by atomic mass is 35.5. The molecule has 0 bridgehead atoms. The van der Waals surface area contributed by atoms with Crippen LogP contribution < -0.4 is 11.1 Å². The van der Waals surface area contributed by atoms with E-state index in [0.717, 1.165) is 0 Å². The maximum Gasteiger partial charge on any atom is 0.211 e. The van der Waals surface area contributed by atoms with Gasteiger partial charge in [0, 0.05) is 13.1 Å². The van der Waals surface area contributed by atoms with Gasteiger partial charge in [0.1, 0.15) is 5.72 Å². The van der Waals surface area contributed by atoms with Crippen LogP contribution in [0, 0.1) is 0 Å². The maximum absolute atomic E-state index is 11.3. The molecule has 1 aliphatic heterocycles. The minimum atomic E-state index is -3.16. The van der Waals surface area contributed by atoms with Gasteiger partial charge < -0.3 is 10.5 Å². The highest BCUT2D eigenvalue weighted by Crippen LogP contribution is 2.15. The molecule has 1 aliphatic rings. The number of morpholine rings is 1. The third-order valence-corrected chi connectivity index (χ3v) is 3.65. The van der Waals surface area contributed by atoms with Gasteiger partial charge in [-0.1, -0.05) is 0 Å². The Morgan fingerprint density at radius 2 is 2.20 bits per heavy atom. The van der Waals surface area contributed by atoms with Crippen LogP contribution in [-0.2, 0) is 14.8 Å². The summed E-state index contributed by atoms with van der Waals surface area (Å²) in [5.74, 6) is 0. The Balaban J connectivity index is 0.00000196. The van der Waals surface area contributed by atoms with E-state index in [1.165, 1.54) is 10.6 Å². The number of nitrogens with zero attached hydrogens (tertiary/aromatic N) is 1. The zero-order chi connectivity index (χ0) is 10.8. The molecule has 1 heterocycles. The lowest BCUT2D eigenvalue weighted by Gasteiger charge is -2.40. The van der Waals surface area contributed by atoms with Gasteiger partial charge in [0.15, 0.2) is 0 Å². The number of likely N-dealkylation sites (N-methyl/N-ethyl adjacent to an activating group) is 1. The first-order chi connectivity index (χ1) is 6.43. The smallest absolute Gasteiger partial charge is 0.211 e. The molecule has 15 heavy (non-hydrogen) atoms. The second-order valence-corrected chi connectivity index (χ2v) is 5.38. The van der Waals surface area contributed by atoms with Crippen molar-refractivity contribution in [3.8, 4) is 0 Å². The molecule has 6 nitrogen and oxygen atoms in total. The molecular weight excluding hydrogens is 242 g/mol. The van der Waals surface area contributed by atoms with Crippen LogP contribution in [0.2, 0.25) is 0 Å². The Labute approximate surface area is 96.6 Å². The number of sulfonamides is 1. The summed E-state index contributed by atoms with van der Waals surface area (Å²) in [5.41, 5.74) is 4.81. The average Bonchev–Trinajstić information content (AvgIpc) is 2.16. The van der Waals surface area contributed by atoms with E-state index in [2.05, 4.69) is 5.32 Å². The lowest BCUT2D eigenvalue weighted by molar-refractivity contribution is -0.1000. The highest BCUT2D eigenvalue weighted by molar-refractivity contribution is 7.88. The molecule has 1 fully saturated rings. The SMILES string of the molecule is CN[C@]1(CN)CN(S(C)(=O)=O)CCO1.Cl. The van der Waals surface area contributed by atoms with E-state index in [0.29, 0.717) is 13.2 Å². The van der Waals surface area contributed by atoms with Crippen LogP contribution in [0.1, 0.15) is 0 Å². The van der Waals surface area contributed by atoms with E-state index in [4.69, 9.17) is 10.5 Å². The maximum atomic E-state index is 11.3. The van der Waals surface area contributed by atoms with Crippen molar-refractivity contribution in [3.63, 3.8) is 0 Å². The Kier molecular flexibility index (Phi) is 5.45. The first-order valence-corrected chi connectivity index (χ1v) is 6.26. The molecule has 0 saturated carbocycles. The Morgan fingerprint density at radius 1 is 1.60 bits per heavy atom. The fourth-order valence-corrected chi connectivity index (χ4v) is 2.26. The van der Waals surface area contributed by atoms with Crippen LogP contribution in [0.4, 0.5) is 0 Å². The van der Waals surface area contributed by atoms with E-state index in [-0.39, 0.29) is 25.5 Å². The first kappa shape index (κ1) is 15.1. The summed E-state index contributed by atoms with van der Waals surface area (Å²) in [4.78, 5) is 0. The van der Waals surface area contributed by atoms with Gasteiger partial charge in [0.25, 0.3) is 0 Å². The molecule has 1 saturated heterocycles. The van der Waals surface area contributed by atoms with Crippen molar-refractivity contribution >= 4 is 22.4 Å². The minimum Gasteiger partial charge on any atom is -0.357 e. The largest absolute Gasteiger partial charge is 0.357 e. The fourth-order valence-electron chi connectivity index (χ4n) is 1.41. The van der Waals surface area contributed by atoms with Crippen molar-refractivity contribution in [1.82, 2.24) is 9.62 Å². The summed E-state index contributed by atoms with van der Waals surface area (Å²) in [6.45, 7) is 1.27. The molecule has 1 atom stereocenters. The quantitative estimate of drug-likeness (QED) is 0.650. The predicted octanol–water partition coefficient (Wildman–Crippen LogP) is -1.43. The fraction of sp³-hybridized carbons (Fsp3) is 1.00. The normalized spacial score (nSPS) is 28.5. The molecule has 8 heteroatoms. The predicted molar refractivity (Wildman–Crippen MR) is 60.5 cm³/mol. The summed E-state index contributed by atoms with van der Waals surface area (Å²) in [7, 11) is -1.45. The molecule has 0 aliphatic carbocycles. The van der Waals surface area contributed by atoms with E-state index >= 15 is 0 Å². The Hall–Kier alpha value is 0.0800. The molecule has 1 rings (SSSR count). The molecule has 0 aromatic rings. The molecule has 92 valence electrons. The third-order valence-electron chi connectivity index (χ3n) is 2.41. The number of hydrogen-bond acceptors (Lipinski definition) is 5.